The first-order valence-electron chi connectivity index (χ1n) is 5.77. The maximum absolute atomic E-state index is 11.8. The lowest BCUT2D eigenvalue weighted by atomic mass is 10.2. The van der Waals surface area contributed by atoms with Crippen molar-refractivity contribution in [1.29, 1.82) is 0 Å². The van der Waals surface area contributed by atoms with Crippen LogP contribution in [0.4, 0.5) is 4.79 Å². The van der Waals surface area contributed by atoms with Crippen LogP contribution < -0.4 is 5.32 Å². The second-order valence-corrected chi connectivity index (χ2v) is 6.63. The quantitative estimate of drug-likeness (QED) is 0.736. The van der Waals surface area contributed by atoms with E-state index >= 15 is 0 Å². The molecule has 0 saturated carbocycles. The number of hydrogen-bond donors (Lipinski definition) is 2. The SMILES string of the molecule is CC[C@@H](NC(=O)N1CCS(=O)(=O)CC1C)C(=O)O. The third kappa shape index (κ3) is 3.59. The summed E-state index contributed by atoms with van der Waals surface area (Å²) in [5.41, 5.74) is 0. The molecule has 0 spiro atoms. The summed E-state index contributed by atoms with van der Waals surface area (Å²) in [4.78, 5) is 24.0. The van der Waals surface area contributed by atoms with Gasteiger partial charge in [-0.25, -0.2) is 18.0 Å². The second-order valence-electron chi connectivity index (χ2n) is 4.41. The number of amides is 2. The molecule has 7 nitrogen and oxygen atoms in total. The second kappa shape index (κ2) is 5.55. The Morgan fingerprint density at radius 1 is 1.50 bits per heavy atom. The average molecular weight is 278 g/mol. The largest absolute Gasteiger partial charge is 0.480 e. The molecule has 1 saturated heterocycles. The van der Waals surface area contributed by atoms with Gasteiger partial charge in [-0.1, -0.05) is 6.92 Å². The molecule has 1 unspecified atom stereocenters. The fourth-order valence-electron chi connectivity index (χ4n) is 1.87. The number of urea groups is 1. The van der Waals surface area contributed by atoms with Crippen molar-refractivity contribution >= 4 is 21.8 Å². The topological polar surface area (TPSA) is 104 Å². The Kier molecular flexibility index (Phi) is 4.55. The molecule has 2 amide bonds. The van der Waals surface area contributed by atoms with Crippen LogP contribution in [0.5, 0.6) is 0 Å². The number of carboxylic acids is 1. The summed E-state index contributed by atoms with van der Waals surface area (Å²) < 4.78 is 22.7. The fraction of sp³-hybridized carbons (Fsp3) is 0.800. The van der Waals surface area contributed by atoms with Crippen LogP contribution in [0.2, 0.25) is 0 Å². The molecule has 0 aliphatic carbocycles. The minimum absolute atomic E-state index is 0.0748. The summed E-state index contributed by atoms with van der Waals surface area (Å²) in [5.74, 6) is -1.25. The van der Waals surface area contributed by atoms with Gasteiger partial charge in [-0.15, -0.1) is 0 Å². The Hall–Kier alpha value is -1.31. The highest BCUT2D eigenvalue weighted by Crippen LogP contribution is 2.11. The predicted molar refractivity (Wildman–Crippen MR) is 65.1 cm³/mol. The van der Waals surface area contributed by atoms with Crippen molar-refractivity contribution in [2.24, 2.45) is 0 Å². The molecule has 0 aromatic heterocycles. The van der Waals surface area contributed by atoms with Gasteiger partial charge in [0.15, 0.2) is 9.84 Å². The van der Waals surface area contributed by atoms with Gasteiger partial charge < -0.3 is 15.3 Å². The average Bonchev–Trinajstić information content (AvgIpc) is 2.23. The van der Waals surface area contributed by atoms with E-state index in [9.17, 15) is 18.0 Å². The van der Waals surface area contributed by atoms with Crippen molar-refractivity contribution in [2.75, 3.05) is 18.1 Å². The molecule has 1 rings (SSSR count). The van der Waals surface area contributed by atoms with E-state index in [0.717, 1.165) is 0 Å². The van der Waals surface area contributed by atoms with Crippen LogP contribution in [-0.2, 0) is 14.6 Å². The number of carbonyl (C=O) groups excluding carboxylic acids is 1. The summed E-state index contributed by atoms with van der Waals surface area (Å²) in [5, 5.41) is 11.2. The van der Waals surface area contributed by atoms with Crippen molar-refractivity contribution in [3.05, 3.63) is 0 Å². The lowest BCUT2D eigenvalue weighted by molar-refractivity contribution is -0.139. The minimum Gasteiger partial charge on any atom is -0.480 e. The fourth-order valence-corrected chi connectivity index (χ4v) is 3.43. The first kappa shape index (κ1) is 14.7. The first-order chi connectivity index (χ1) is 8.26. The highest BCUT2D eigenvalue weighted by atomic mass is 32.2. The monoisotopic (exact) mass is 278 g/mol. The molecule has 2 N–H and O–H groups in total. The van der Waals surface area contributed by atoms with Gasteiger partial charge in [-0.2, -0.15) is 0 Å². The zero-order valence-electron chi connectivity index (χ0n) is 10.4. The lowest BCUT2D eigenvalue weighted by Gasteiger charge is -2.33. The summed E-state index contributed by atoms with van der Waals surface area (Å²) in [6, 6.07) is -1.90. The van der Waals surface area contributed by atoms with Crippen LogP contribution in [0.25, 0.3) is 0 Å². The van der Waals surface area contributed by atoms with Gasteiger partial charge in [0.05, 0.1) is 11.5 Å². The molecule has 2 atom stereocenters. The zero-order valence-corrected chi connectivity index (χ0v) is 11.2. The van der Waals surface area contributed by atoms with Gasteiger partial charge >= 0.3 is 12.0 Å². The Balaban J connectivity index is 2.65. The molecule has 0 bridgehead atoms. The zero-order chi connectivity index (χ0) is 13.9. The molecule has 8 heteroatoms. The van der Waals surface area contributed by atoms with Crippen LogP contribution in [0, 0.1) is 0 Å². The van der Waals surface area contributed by atoms with Gasteiger partial charge in [0.1, 0.15) is 6.04 Å². The van der Waals surface area contributed by atoms with Crippen LogP contribution in [0.1, 0.15) is 20.3 Å². The highest BCUT2D eigenvalue weighted by molar-refractivity contribution is 7.91. The van der Waals surface area contributed by atoms with Crippen LogP contribution in [-0.4, -0.2) is 60.6 Å². The molecule has 0 aromatic rings. The molecule has 104 valence electrons. The smallest absolute Gasteiger partial charge is 0.326 e. The number of carbonyl (C=O) groups is 2. The normalized spacial score (nSPS) is 24.3. The van der Waals surface area contributed by atoms with Gasteiger partial charge in [0, 0.05) is 12.6 Å². The van der Waals surface area contributed by atoms with Crippen molar-refractivity contribution in [3.63, 3.8) is 0 Å². The van der Waals surface area contributed by atoms with Gasteiger partial charge in [0.2, 0.25) is 0 Å². The summed E-state index contributed by atoms with van der Waals surface area (Å²) in [7, 11) is -3.09. The van der Waals surface area contributed by atoms with E-state index in [4.69, 9.17) is 5.11 Å². The molecule has 1 aliphatic rings. The molecular weight excluding hydrogens is 260 g/mol. The maximum atomic E-state index is 11.8. The standard InChI is InChI=1S/C10H18N2O5S/c1-3-8(9(13)14)11-10(15)12-4-5-18(16,17)6-7(12)2/h7-8H,3-6H2,1-2H3,(H,11,15)(H,13,14)/t7?,8-/m1/s1. The molecule has 1 heterocycles. The van der Waals surface area contributed by atoms with E-state index in [0.29, 0.717) is 0 Å². The maximum Gasteiger partial charge on any atom is 0.326 e. The summed E-state index contributed by atoms with van der Waals surface area (Å²) in [6.45, 7) is 3.40. The molecule has 18 heavy (non-hydrogen) atoms. The number of hydrogen-bond acceptors (Lipinski definition) is 4. The number of carboxylic acid groups (broad SMARTS) is 1. The van der Waals surface area contributed by atoms with E-state index in [-0.39, 0.29) is 24.5 Å². The number of sulfone groups is 1. The molecule has 1 aliphatic heterocycles. The third-order valence-electron chi connectivity index (χ3n) is 2.94. The van der Waals surface area contributed by atoms with Crippen LogP contribution in [0.15, 0.2) is 0 Å². The molecule has 0 radical (unpaired) electrons. The number of nitrogens with one attached hydrogen (secondary N) is 1. The van der Waals surface area contributed by atoms with Crippen LogP contribution in [0.3, 0.4) is 0 Å². The van der Waals surface area contributed by atoms with Crippen LogP contribution >= 0.6 is 0 Å². The third-order valence-corrected chi connectivity index (χ3v) is 4.73. The van der Waals surface area contributed by atoms with E-state index in [2.05, 4.69) is 5.32 Å². The molecular formula is C10H18N2O5S. The summed E-state index contributed by atoms with van der Waals surface area (Å²) in [6.07, 6.45) is 0.279. The van der Waals surface area contributed by atoms with E-state index in [1.807, 2.05) is 0 Å². The van der Waals surface area contributed by atoms with Gasteiger partial charge in [-0.3, -0.25) is 0 Å². The van der Waals surface area contributed by atoms with Crippen molar-refractivity contribution in [2.45, 2.75) is 32.4 Å². The Morgan fingerprint density at radius 3 is 2.56 bits per heavy atom. The predicted octanol–water partition coefficient (Wildman–Crippen LogP) is -0.322. The van der Waals surface area contributed by atoms with Crippen molar-refractivity contribution in [3.8, 4) is 0 Å². The number of aliphatic carboxylic acids is 1. The number of rotatable bonds is 3. The van der Waals surface area contributed by atoms with E-state index in [1.54, 1.807) is 13.8 Å². The number of nitrogens with zero attached hydrogens (tertiary/aromatic N) is 1. The van der Waals surface area contributed by atoms with Gasteiger partial charge in [-0.05, 0) is 13.3 Å². The van der Waals surface area contributed by atoms with Crippen molar-refractivity contribution in [1.82, 2.24) is 10.2 Å². The Bertz CT molecular complexity index is 434. The van der Waals surface area contributed by atoms with E-state index < -0.39 is 33.9 Å². The first-order valence-corrected chi connectivity index (χ1v) is 7.59. The van der Waals surface area contributed by atoms with Crippen molar-refractivity contribution < 1.29 is 23.1 Å². The summed E-state index contributed by atoms with van der Waals surface area (Å²) >= 11 is 0. The highest BCUT2D eigenvalue weighted by Gasteiger charge is 2.32. The minimum atomic E-state index is -3.09. The van der Waals surface area contributed by atoms with Gasteiger partial charge in [0.25, 0.3) is 0 Å². The lowest BCUT2D eigenvalue weighted by Crippen LogP contribution is -2.55. The molecule has 0 aromatic carbocycles. The van der Waals surface area contributed by atoms with E-state index in [1.165, 1.54) is 4.90 Å². The molecule has 1 fully saturated rings. The Labute approximate surface area is 106 Å². The Morgan fingerprint density at radius 2 is 2.11 bits per heavy atom.